The van der Waals surface area contributed by atoms with Crippen molar-refractivity contribution in [1.82, 2.24) is 0 Å². The molecule has 0 nitrogen and oxygen atoms in total. The van der Waals surface area contributed by atoms with Crippen molar-refractivity contribution in [3.8, 4) is 0 Å². The van der Waals surface area contributed by atoms with Gasteiger partial charge in [-0.05, 0) is 0 Å². The normalized spacial score (nSPS) is 15.6. The molecule has 0 bridgehead atoms. The van der Waals surface area contributed by atoms with E-state index in [2.05, 4.69) is 24.3 Å². The van der Waals surface area contributed by atoms with Gasteiger partial charge in [-0.2, -0.15) is 0 Å². The topological polar surface area (TPSA) is 0 Å². The first-order chi connectivity index (χ1) is 4.47. The summed E-state index contributed by atoms with van der Waals surface area (Å²) in [5, 5.41) is 1.39. The first-order valence-electron chi connectivity index (χ1n) is 2.84. The van der Waals surface area contributed by atoms with Crippen molar-refractivity contribution in [1.29, 1.82) is 0 Å². The van der Waals surface area contributed by atoms with E-state index in [1.54, 1.807) is 10.0 Å². The third-order valence-electron chi connectivity index (χ3n) is 1.34. The van der Waals surface area contributed by atoms with E-state index in [-0.39, 0.29) is 0 Å². The van der Waals surface area contributed by atoms with Gasteiger partial charge in [-0.3, -0.25) is 0 Å². The Morgan fingerprint density at radius 2 is 2.11 bits per heavy atom. The van der Waals surface area contributed by atoms with E-state index in [1.165, 1.54) is 5.32 Å². The summed E-state index contributed by atoms with van der Waals surface area (Å²) in [6, 6.07) is 8.86. The fourth-order valence-electron chi connectivity index (χ4n) is 0.861. The molecule has 0 amide bonds. The Kier molecular flexibility index (Phi) is 1.65. The van der Waals surface area contributed by atoms with Crippen LogP contribution in [0, 0.1) is 0 Å². The average molecular weight is 248 g/mol. The number of benzene rings is 1. The van der Waals surface area contributed by atoms with Crippen molar-refractivity contribution in [2.24, 2.45) is 0 Å². The number of fused-ring (bicyclic) bond motifs is 1. The van der Waals surface area contributed by atoms with Crippen LogP contribution < -0.4 is 4.46 Å². The van der Waals surface area contributed by atoms with Crippen LogP contribution in [0.4, 0.5) is 0 Å². The van der Waals surface area contributed by atoms with Gasteiger partial charge in [-0.15, -0.1) is 0 Å². The minimum atomic E-state index is 0.865. The Morgan fingerprint density at radius 3 is 3.00 bits per heavy atom. The Balaban J connectivity index is 2.54. The summed E-state index contributed by atoms with van der Waals surface area (Å²) in [5.74, 6) is 0. The van der Waals surface area contributed by atoms with E-state index >= 15 is 0 Å². The second-order valence-corrected chi connectivity index (χ2v) is 8.71. The third-order valence-corrected chi connectivity index (χ3v) is 8.22. The van der Waals surface area contributed by atoms with Gasteiger partial charge < -0.3 is 0 Å². The van der Waals surface area contributed by atoms with Crippen LogP contribution in [-0.4, -0.2) is 26.3 Å². The summed E-state index contributed by atoms with van der Waals surface area (Å²) in [5.41, 5.74) is 1.62. The molecular weight excluding hydrogens is 242 g/mol. The monoisotopic (exact) mass is 250 g/mol. The first-order valence-corrected chi connectivity index (χ1v) is 9.24. The van der Waals surface area contributed by atoms with Crippen molar-refractivity contribution in [3.63, 3.8) is 0 Å². The summed E-state index contributed by atoms with van der Waals surface area (Å²) in [6.07, 6.45) is 0. The summed E-state index contributed by atoms with van der Waals surface area (Å²) < 4.78 is 1.66. The van der Waals surface area contributed by atoms with Gasteiger partial charge in [0.15, 0.2) is 0 Å². The summed E-state index contributed by atoms with van der Waals surface area (Å²) >= 11 is 1.81. The molecule has 1 aliphatic rings. The van der Waals surface area contributed by atoms with E-state index in [0.717, 1.165) is 26.3 Å². The molecule has 0 saturated carbocycles. The molecule has 0 N–H and O–H groups in total. The van der Waals surface area contributed by atoms with Crippen LogP contribution in [0.15, 0.2) is 24.3 Å². The molecule has 0 unspecified atom stereocenters. The molecule has 9 heavy (non-hydrogen) atoms. The van der Waals surface area contributed by atoms with E-state index in [1.807, 2.05) is 0 Å². The SMILES string of the molecule is c1ccc2c(c1)C[Se][Se]2. The molecule has 0 radical (unpaired) electrons. The average Bonchev–Trinajstić information content (AvgIpc) is 2.33. The van der Waals surface area contributed by atoms with Crippen LogP contribution in [0.5, 0.6) is 0 Å². The Morgan fingerprint density at radius 1 is 1.22 bits per heavy atom. The van der Waals surface area contributed by atoms with Gasteiger partial charge in [0.05, 0.1) is 0 Å². The molecule has 0 spiro atoms. The van der Waals surface area contributed by atoms with E-state index in [4.69, 9.17) is 0 Å². The summed E-state index contributed by atoms with van der Waals surface area (Å²) in [6.45, 7) is 0. The van der Waals surface area contributed by atoms with Gasteiger partial charge in [0.1, 0.15) is 0 Å². The fourth-order valence-corrected chi connectivity index (χ4v) is 8.49. The molecule has 0 aliphatic carbocycles. The van der Waals surface area contributed by atoms with Gasteiger partial charge >= 0.3 is 65.9 Å². The zero-order valence-corrected chi connectivity index (χ0v) is 8.26. The van der Waals surface area contributed by atoms with E-state index in [9.17, 15) is 0 Å². The maximum absolute atomic E-state index is 2.28. The Bertz CT molecular complexity index is 197. The second kappa shape index (κ2) is 2.48. The molecule has 0 aromatic heterocycles. The van der Waals surface area contributed by atoms with Crippen molar-refractivity contribution in [2.75, 3.05) is 0 Å². The molecule has 46 valence electrons. The van der Waals surface area contributed by atoms with Crippen LogP contribution in [0.2, 0.25) is 0 Å². The van der Waals surface area contributed by atoms with Crippen LogP contribution in [0.3, 0.4) is 0 Å². The van der Waals surface area contributed by atoms with Crippen LogP contribution in [0.1, 0.15) is 5.56 Å². The standard InChI is InChI=1S/C7H6Se2/c1-2-4-7-6(3-1)5-8-9-7/h1-4H,5H2. The van der Waals surface area contributed by atoms with Gasteiger partial charge in [0.25, 0.3) is 0 Å². The predicted octanol–water partition coefficient (Wildman–Crippen LogP) is 0.149. The molecule has 1 aromatic rings. The maximum atomic E-state index is 2.28. The zero-order chi connectivity index (χ0) is 6.10. The number of hydrogen-bond donors (Lipinski definition) is 0. The molecule has 2 rings (SSSR count). The predicted molar refractivity (Wildman–Crippen MR) is 41.3 cm³/mol. The molecule has 0 saturated heterocycles. The summed E-state index contributed by atoms with van der Waals surface area (Å²) in [4.78, 5) is 0. The molecule has 1 heterocycles. The second-order valence-electron chi connectivity index (χ2n) is 1.95. The fraction of sp³-hybridized carbons (Fsp3) is 0.143. The third kappa shape index (κ3) is 1.09. The molecular formula is C7H6Se2. The van der Waals surface area contributed by atoms with Crippen LogP contribution >= 0.6 is 0 Å². The molecule has 1 aromatic carbocycles. The first kappa shape index (κ1) is 6.00. The van der Waals surface area contributed by atoms with Gasteiger partial charge in [-0.25, -0.2) is 0 Å². The van der Waals surface area contributed by atoms with Crippen molar-refractivity contribution < 1.29 is 0 Å². The summed E-state index contributed by atoms with van der Waals surface area (Å²) in [7, 11) is 0. The number of hydrogen-bond acceptors (Lipinski definition) is 0. The quantitative estimate of drug-likeness (QED) is 0.573. The van der Waals surface area contributed by atoms with Crippen molar-refractivity contribution in [3.05, 3.63) is 29.8 Å². The van der Waals surface area contributed by atoms with Gasteiger partial charge in [0.2, 0.25) is 0 Å². The van der Waals surface area contributed by atoms with Gasteiger partial charge in [-0.1, -0.05) is 0 Å². The van der Waals surface area contributed by atoms with E-state index < -0.39 is 0 Å². The number of rotatable bonds is 0. The molecule has 0 fully saturated rings. The van der Waals surface area contributed by atoms with Crippen LogP contribution in [0.25, 0.3) is 0 Å². The van der Waals surface area contributed by atoms with Crippen LogP contribution in [-0.2, 0) is 5.32 Å². The Labute approximate surface area is 65.9 Å². The van der Waals surface area contributed by atoms with Gasteiger partial charge in [0, 0.05) is 0 Å². The zero-order valence-electron chi connectivity index (χ0n) is 4.83. The molecule has 2 heteroatoms. The minimum absolute atomic E-state index is 0.865. The van der Waals surface area contributed by atoms with Crippen molar-refractivity contribution >= 4 is 30.7 Å². The Hall–Kier alpha value is 0.259. The van der Waals surface area contributed by atoms with Crippen molar-refractivity contribution in [2.45, 2.75) is 5.32 Å². The molecule has 1 aliphatic heterocycles. The van der Waals surface area contributed by atoms with E-state index in [0.29, 0.717) is 0 Å². The molecule has 0 atom stereocenters.